The summed E-state index contributed by atoms with van der Waals surface area (Å²) in [6.07, 6.45) is 1.77. The van der Waals surface area contributed by atoms with E-state index >= 15 is 0 Å². The van der Waals surface area contributed by atoms with Crippen LogP contribution in [-0.2, 0) is 16.4 Å². The fraction of sp³-hybridized carbons (Fsp3) is 0.222. The lowest BCUT2D eigenvalue weighted by atomic mass is 10.1. The van der Waals surface area contributed by atoms with Crippen LogP contribution in [0.3, 0.4) is 0 Å². The number of rotatable bonds is 10. The summed E-state index contributed by atoms with van der Waals surface area (Å²) in [5.74, 6) is 0. The minimum absolute atomic E-state index is 0.00221. The smallest absolute Gasteiger partial charge is 0.258 e. The maximum Gasteiger partial charge on any atom is 0.269 e. The van der Waals surface area contributed by atoms with Gasteiger partial charge < -0.3 is 0 Å². The third kappa shape index (κ3) is 5.17. The van der Waals surface area contributed by atoms with Gasteiger partial charge in [0.1, 0.15) is 0 Å². The van der Waals surface area contributed by atoms with Crippen LogP contribution in [0.4, 0.5) is 5.69 Å². The van der Waals surface area contributed by atoms with Crippen molar-refractivity contribution in [3.63, 3.8) is 0 Å². The number of azide groups is 1. The average molecular weight is 401 g/mol. The zero-order chi connectivity index (χ0) is 20.6. The Morgan fingerprint density at radius 1 is 1.21 bits per heavy atom. The molecule has 0 bridgehead atoms. The maximum absolute atomic E-state index is 13.2. The summed E-state index contributed by atoms with van der Waals surface area (Å²) in [4.78, 5) is 12.9. The van der Waals surface area contributed by atoms with Gasteiger partial charge in [0.2, 0.25) is 10.0 Å². The van der Waals surface area contributed by atoms with E-state index in [1.807, 2.05) is 30.3 Å². The first-order valence-corrected chi connectivity index (χ1v) is 9.76. The molecule has 0 aliphatic rings. The van der Waals surface area contributed by atoms with E-state index in [1.165, 1.54) is 22.5 Å². The van der Waals surface area contributed by atoms with Crippen LogP contribution < -0.4 is 0 Å². The molecule has 0 aliphatic heterocycles. The summed E-state index contributed by atoms with van der Waals surface area (Å²) in [6.45, 7) is 3.55. The van der Waals surface area contributed by atoms with Crippen molar-refractivity contribution in [2.24, 2.45) is 5.11 Å². The number of nitro benzene ring substituents is 1. The van der Waals surface area contributed by atoms with Gasteiger partial charge in [0, 0.05) is 36.2 Å². The van der Waals surface area contributed by atoms with E-state index in [1.54, 1.807) is 0 Å². The molecule has 0 N–H and O–H groups in total. The molecule has 2 rings (SSSR count). The van der Waals surface area contributed by atoms with E-state index in [2.05, 4.69) is 16.6 Å². The number of nitrogens with zero attached hydrogens (tertiary/aromatic N) is 5. The lowest BCUT2D eigenvalue weighted by Crippen LogP contribution is -2.43. The number of hydrogen-bond acceptors (Lipinski definition) is 5. The fourth-order valence-corrected chi connectivity index (χ4v) is 4.31. The summed E-state index contributed by atoms with van der Waals surface area (Å²) in [5.41, 5.74) is 9.38. The number of hydrogen-bond donors (Lipinski definition) is 0. The predicted molar refractivity (Wildman–Crippen MR) is 105 cm³/mol. The van der Waals surface area contributed by atoms with Gasteiger partial charge >= 0.3 is 0 Å². The standard InChI is InChI=1S/C18H19N5O4S/c1-2-12-22(17(14-20-21-19)13-15-6-4-3-5-7-15)28(26,27)18-10-8-16(9-11-18)23(24)25/h2-11,17H,1,12-14H2/t17-/m0/s1. The molecule has 10 heteroatoms. The average Bonchev–Trinajstić information content (AvgIpc) is 2.70. The Labute approximate surface area is 162 Å². The van der Waals surface area contributed by atoms with Gasteiger partial charge in [0.25, 0.3) is 5.69 Å². The van der Waals surface area contributed by atoms with E-state index in [4.69, 9.17) is 5.53 Å². The highest BCUT2D eigenvalue weighted by Crippen LogP contribution is 2.23. The van der Waals surface area contributed by atoms with Gasteiger partial charge in [-0.15, -0.1) is 6.58 Å². The van der Waals surface area contributed by atoms with Crippen molar-refractivity contribution in [2.45, 2.75) is 17.4 Å². The van der Waals surface area contributed by atoms with Gasteiger partial charge in [0.05, 0.1) is 9.82 Å². The van der Waals surface area contributed by atoms with E-state index < -0.39 is 21.0 Å². The number of nitro groups is 1. The molecule has 0 aromatic heterocycles. The summed E-state index contributed by atoms with van der Waals surface area (Å²) in [5, 5.41) is 14.4. The van der Waals surface area contributed by atoms with Crippen molar-refractivity contribution in [2.75, 3.05) is 13.1 Å². The second-order valence-electron chi connectivity index (χ2n) is 5.87. The van der Waals surface area contributed by atoms with Crippen LogP contribution in [0, 0.1) is 10.1 Å². The Morgan fingerprint density at radius 2 is 1.86 bits per heavy atom. The van der Waals surface area contributed by atoms with Gasteiger partial charge in [0.15, 0.2) is 0 Å². The Hall–Kier alpha value is -3.20. The quantitative estimate of drug-likeness (QED) is 0.150. The normalized spacial score (nSPS) is 12.2. The van der Waals surface area contributed by atoms with Crippen molar-refractivity contribution in [1.29, 1.82) is 0 Å². The largest absolute Gasteiger partial charge is 0.269 e. The topological polar surface area (TPSA) is 129 Å². The second-order valence-corrected chi connectivity index (χ2v) is 7.76. The third-order valence-corrected chi connectivity index (χ3v) is 5.97. The molecule has 146 valence electrons. The predicted octanol–water partition coefficient (Wildman–Crippen LogP) is 3.69. The second kappa shape index (κ2) is 9.65. The first-order chi connectivity index (χ1) is 13.4. The van der Waals surface area contributed by atoms with Crippen molar-refractivity contribution in [3.05, 3.63) is 93.4 Å². The maximum atomic E-state index is 13.2. The van der Waals surface area contributed by atoms with Crippen LogP contribution in [0.1, 0.15) is 5.56 Å². The van der Waals surface area contributed by atoms with Crippen molar-refractivity contribution < 1.29 is 13.3 Å². The molecule has 0 heterocycles. The summed E-state index contributed by atoms with van der Waals surface area (Å²) < 4.78 is 27.5. The molecular weight excluding hydrogens is 382 g/mol. The molecule has 9 nitrogen and oxygen atoms in total. The van der Waals surface area contributed by atoms with Crippen LogP contribution >= 0.6 is 0 Å². The molecule has 0 fully saturated rings. The lowest BCUT2D eigenvalue weighted by molar-refractivity contribution is -0.384. The SMILES string of the molecule is C=CCN([C@H](CN=[N+]=[N-])Cc1ccccc1)S(=O)(=O)c1ccc([N+](=O)[O-])cc1. The van der Waals surface area contributed by atoms with Crippen LogP contribution in [0.25, 0.3) is 10.4 Å². The van der Waals surface area contributed by atoms with Crippen LogP contribution in [0.15, 0.2) is 77.3 Å². The molecule has 0 amide bonds. The van der Waals surface area contributed by atoms with Crippen LogP contribution in [0.2, 0.25) is 0 Å². The zero-order valence-corrected chi connectivity index (χ0v) is 15.8. The third-order valence-electron chi connectivity index (χ3n) is 4.04. The van der Waals surface area contributed by atoms with Gasteiger partial charge in [-0.3, -0.25) is 10.1 Å². The highest BCUT2D eigenvalue weighted by atomic mass is 32.2. The molecule has 0 radical (unpaired) electrons. The summed E-state index contributed by atoms with van der Waals surface area (Å²) >= 11 is 0. The minimum Gasteiger partial charge on any atom is -0.258 e. The molecule has 28 heavy (non-hydrogen) atoms. The molecule has 0 unspecified atom stereocenters. The van der Waals surface area contributed by atoms with E-state index in [0.29, 0.717) is 6.42 Å². The van der Waals surface area contributed by atoms with Gasteiger partial charge in [-0.05, 0) is 29.6 Å². The molecule has 0 saturated heterocycles. The molecule has 0 aliphatic carbocycles. The van der Waals surface area contributed by atoms with Gasteiger partial charge in [-0.2, -0.15) is 4.31 Å². The Morgan fingerprint density at radius 3 is 2.39 bits per heavy atom. The fourth-order valence-electron chi connectivity index (χ4n) is 2.72. The van der Waals surface area contributed by atoms with Gasteiger partial charge in [-0.25, -0.2) is 8.42 Å². The van der Waals surface area contributed by atoms with Gasteiger partial charge in [-0.1, -0.05) is 41.5 Å². The summed E-state index contributed by atoms with van der Waals surface area (Å²) in [6, 6.07) is 13.2. The van der Waals surface area contributed by atoms with E-state index in [9.17, 15) is 18.5 Å². The summed E-state index contributed by atoms with van der Waals surface area (Å²) in [7, 11) is -4.00. The Bertz CT molecular complexity index is 971. The molecule has 2 aromatic carbocycles. The minimum atomic E-state index is -4.00. The molecule has 2 aromatic rings. The molecule has 1 atom stereocenters. The van der Waals surface area contributed by atoms with Crippen LogP contribution in [-0.4, -0.2) is 36.8 Å². The van der Waals surface area contributed by atoms with Crippen molar-refractivity contribution in [3.8, 4) is 0 Å². The first-order valence-electron chi connectivity index (χ1n) is 8.32. The van der Waals surface area contributed by atoms with E-state index in [0.717, 1.165) is 17.7 Å². The molecular formula is C18H19N5O4S. The highest BCUT2D eigenvalue weighted by molar-refractivity contribution is 7.89. The van der Waals surface area contributed by atoms with Crippen LogP contribution in [0.5, 0.6) is 0 Å². The Kier molecular flexibility index (Phi) is 7.28. The lowest BCUT2D eigenvalue weighted by Gasteiger charge is -2.29. The Balaban J connectivity index is 2.43. The zero-order valence-electron chi connectivity index (χ0n) is 15.0. The molecule has 0 spiro atoms. The highest BCUT2D eigenvalue weighted by Gasteiger charge is 2.30. The van der Waals surface area contributed by atoms with E-state index in [-0.39, 0.29) is 23.7 Å². The van der Waals surface area contributed by atoms with Crippen molar-refractivity contribution in [1.82, 2.24) is 4.31 Å². The van der Waals surface area contributed by atoms with Crippen molar-refractivity contribution >= 4 is 15.7 Å². The number of benzene rings is 2. The number of sulfonamides is 1. The monoisotopic (exact) mass is 401 g/mol. The number of non-ortho nitro benzene ring substituents is 1. The molecule has 0 saturated carbocycles. The first kappa shape index (κ1) is 21.1.